The van der Waals surface area contributed by atoms with Crippen molar-refractivity contribution in [2.24, 2.45) is 0 Å². The molecule has 4 heteroatoms. The Hall–Kier alpha value is -2.93. The van der Waals surface area contributed by atoms with Gasteiger partial charge in [-0.15, -0.1) is 0 Å². The second-order valence-electron chi connectivity index (χ2n) is 4.99. The van der Waals surface area contributed by atoms with E-state index < -0.39 is 5.91 Å². The second kappa shape index (κ2) is 6.68. The van der Waals surface area contributed by atoms with E-state index in [4.69, 9.17) is 5.26 Å². The van der Waals surface area contributed by atoms with E-state index in [0.717, 1.165) is 11.1 Å². The molecule has 2 aromatic rings. The Labute approximate surface area is 128 Å². The van der Waals surface area contributed by atoms with Gasteiger partial charge in [0.1, 0.15) is 17.5 Å². The molecule has 0 unspecified atom stereocenters. The van der Waals surface area contributed by atoms with Gasteiger partial charge in [0.25, 0.3) is 5.91 Å². The summed E-state index contributed by atoms with van der Waals surface area (Å²) in [6.45, 7) is 3.81. The van der Waals surface area contributed by atoms with Crippen molar-refractivity contribution in [3.63, 3.8) is 0 Å². The molecular weight excluding hydrogens is 279 g/mol. The Morgan fingerprint density at radius 2 is 1.86 bits per heavy atom. The van der Waals surface area contributed by atoms with Crippen molar-refractivity contribution < 1.29 is 9.18 Å². The molecule has 3 nitrogen and oxygen atoms in total. The van der Waals surface area contributed by atoms with Gasteiger partial charge in [-0.2, -0.15) is 5.26 Å². The third-order valence-corrected chi connectivity index (χ3v) is 3.19. The van der Waals surface area contributed by atoms with Crippen LogP contribution in [0.3, 0.4) is 0 Å². The van der Waals surface area contributed by atoms with Crippen molar-refractivity contribution >= 4 is 17.7 Å². The van der Waals surface area contributed by atoms with Crippen LogP contribution in [0.2, 0.25) is 0 Å². The predicted molar refractivity (Wildman–Crippen MR) is 84.5 cm³/mol. The van der Waals surface area contributed by atoms with Crippen LogP contribution in [0.1, 0.15) is 16.7 Å². The maximum absolute atomic E-state index is 12.9. The SMILES string of the molecule is Cc1ccc(C)c(NC(=O)/C(C#N)=C/c2ccc(F)cc2)c1. The van der Waals surface area contributed by atoms with E-state index in [1.165, 1.54) is 30.3 Å². The maximum Gasteiger partial charge on any atom is 0.266 e. The average molecular weight is 294 g/mol. The van der Waals surface area contributed by atoms with Gasteiger partial charge in [-0.3, -0.25) is 4.79 Å². The van der Waals surface area contributed by atoms with E-state index in [1.54, 1.807) is 0 Å². The van der Waals surface area contributed by atoms with Crippen molar-refractivity contribution in [2.75, 3.05) is 5.32 Å². The van der Waals surface area contributed by atoms with Crippen LogP contribution in [0.5, 0.6) is 0 Å². The molecule has 1 amide bonds. The van der Waals surface area contributed by atoms with Gasteiger partial charge in [-0.25, -0.2) is 4.39 Å². The van der Waals surface area contributed by atoms with Crippen LogP contribution in [0, 0.1) is 31.0 Å². The Kier molecular flexibility index (Phi) is 4.70. The van der Waals surface area contributed by atoms with Crippen LogP contribution < -0.4 is 5.32 Å². The van der Waals surface area contributed by atoms with Crippen molar-refractivity contribution in [2.45, 2.75) is 13.8 Å². The standard InChI is InChI=1S/C18H15FN2O/c1-12-3-4-13(2)17(9-12)21-18(22)15(11-20)10-14-5-7-16(19)8-6-14/h3-10H,1-2H3,(H,21,22)/b15-10+. The molecule has 0 aliphatic heterocycles. The highest BCUT2D eigenvalue weighted by Crippen LogP contribution is 2.18. The summed E-state index contributed by atoms with van der Waals surface area (Å²) in [4.78, 5) is 12.2. The van der Waals surface area contributed by atoms with Crippen molar-refractivity contribution in [3.05, 3.63) is 70.5 Å². The molecule has 0 fully saturated rings. The van der Waals surface area contributed by atoms with Gasteiger partial charge >= 0.3 is 0 Å². The van der Waals surface area contributed by atoms with E-state index >= 15 is 0 Å². The van der Waals surface area contributed by atoms with Crippen molar-refractivity contribution in [1.29, 1.82) is 5.26 Å². The summed E-state index contributed by atoms with van der Waals surface area (Å²) in [7, 11) is 0. The maximum atomic E-state index is 12.9. The first kappa shape index (κ1) is 15.5. The van der Waals surface area contributed by atoms with Crippen molar-refractivity contribution in [1.82, 2.24) is 0 Å². The van der Waals surface area contributed by atoms with Crippen LogP contribution in [-0.4, -0.2) is 5.91 Å². The third-order valence-electron chi connectivity index (χ3n) is 3.19. The zero-order valence-corrected chi connectivity index (χ0v) is 12.4. The molecule has 0 aromatic heterocycles. The molecule has 0 aliphatic rings. The molecule has 1 N–H and O–H groups in total. The fourth-order valence-electron chi connectivity index (χ4n) is 1.93. The summed E-state index contributed by atoms with van der Waals surface area (Å²) in [6, 6.07) is 13.2. The first-order valence-corrected chi connectivity index (χ1v) is 6.75. The molecule has 0 radical (unpaired) electrons. The number of rotatable bonds is 3. The number of amides is 1. The highest BCUT2D eigenvalue weighted by atomic mass is 19.1. The molecule has 110 valence electrons. The lowest BCUT2D eigenvalue weighted by Gasteiger charge is -2.08. The van der Waals surface area contributed by atoms with Gasteiger partial charge in [0.05, 0.1) is 0 Å². The number of nitrogens with one attached hydrogen (secondary N) is 1. The molecule has 22 heavy (non-hydrogen) atoms. The number of nitriles is 1. The molecule has 0 saturated heterocycles. The van der Waals surface area contributed by atoms with Gasteiger partial charge < -0.3 is 5.32 Å². The van der Waals surface area contributed by atoms with Crippen molar-refractivity contribution in [3.8, 4) is 6.07 Å². The summed E-state index contributed by atoms with van der Waals surface area (Å²) < 4.78 is 12.9. The normalized spacial score (nSPS) is 10.9. The van der Waals surface area contributed by atoms with E-state index in [2.05, 4.69) is 5.32 Å². The molecule has 0 spiro atoms. The van der Waals surface area contributed by atoms with E-state index in [1.807, 2.05) is 38.1 Å². The lowest BCUT2D eigenvalue weighted by atomic mass is 10.1. The highest BCUT2D eigenvalue weighted by molar-refractivity contribution is 6.10. The minimum Gasteiger partial charge on any atom is -0.321 e. The lowest BCUT2D eigenvalue weighted by molar-refractivity contribution is -0.112. The zero-order valence-electron chi connectivity index (χ0n) is 12.4. The number of halogens is 1. The third kappa shape index (κ3) is 3.80. The number of aryl methyl sites for hydroxylation is 2. The first-order valence-electron chi connectivity index (χ1n) is 6.75. The average Bonchev–Trinajstić information content (AvgIpc) is 2.50. The molecule has 0 atom stereocenters. The number of nitrogens with zero attached hydrogens (tertiary/aromatic N) is 1. The molecule has 0 heterocycles. The summed E-state index contributed by atoms with van der Waals surface area (Å²) in [6.07, 6.45) is 1.43. The Bertz CT molecular complexity index is 771. The summed E-state index contributed by atoms with van der Waals surface area (Å²) >= 11 is 0. The fourth-order valence-corrected chi connectivity index (χ4v) is 1.93. The molecule has 2 aromatic carbocycles. The van der Waals surface area contributed by atoms with Crippen LogP contribution in [-0.2, 0) is 4.79 Å². The quantitative estimate of drug-likeness (QED) is 0.687. The largest absolute Gasteiger partial charge is 0.321 e. The predicted octanol–water partition coefficient (Wildman–Crippen LogP) is 3.99. The van der Waals surface area contributed by atoms with Gasteiger partial charge in [0.15, 0.2) is 0 Å². The summed E-state index contributed by atoms with van der Waals surface area (Å²) in [5, 5.41) is 11.9. The number of benzene rings is 2. The van der Waals surface area contributed by atoms with Gasteiger partial charge in [-0.05, 0) is 54.8 Å². The Morgan fingerprint density at radius 3 is 2.50 bits per heavy atom. The number of anilines is 1. The molecule has 0 aliphatic carbocycles. The number of carbonyl (C=O) groups excluding carboxylic acids is 1. The summed E-state index contributed by atoms with van der Waals surface area (Å²) in [5.74, 6) is -0.851. The lowest BCUT2D eigenvalue weighted by Crippen LogP contribution is -2.14. The minimum absolute atomic E-state index is 0.0347. The molecule has 0 saturated carbocycles. The van der Waals surface area contributed by atoms with Crippen LogP contribution >= 0.6 is 0 Å². The Morgan fingerprint density at radius 1 is 1.18 bits per heavy atom. The fraction of sp³-hybridized carbons (Fsp3) is 0.111. The molecule has 2 rings (SSSR count). The highest BCUT2D eigenvalue weighted by Gasteiger charge is 2.11. The number of hydrogen-bond acceptors (Lipinski definition) is 2. The van der Waals surface area contributed by atoms with E-state index in [0.29, 0.717) is 11.3 Å². The Balaban J connectivity index is 2.24. The van der Waals surface area contributed by atoms with E-state index in [-0.39, 0.29) is 11.4 Å². The minimum atomic E-state index is -0.486. The van der Waals surface area contributed by atoms with Gasteiger partial charge in [0, 0.05) is 5.69 Å². The zero-order chi connectivity index (χ0) is 16.1. The number of carbonyl (C=O) groups is 1. The van der Waals surface area contributed by atoms with E-state index in [9.17, 15) is 9.18 Å². The number of hydrogen-bond donors (Lipinski definition) is 1. The van der Waals surface area contributed by atoms with Crippen LogP contribution in [0.4, 0.5) is 10.1 Å². The van der Waals surface area contributed by atoms with Crippen LogP contribution in [0.25, 0.3) is 6.08 Å². The summed E-state index contributed by atoms with van der Waals surface area (Å²) in [5.41, 5.74) is 3.16. The topological polar surface area (TPSA) is 52.9 Å². The van der Waals surface area contributed by atoms with Crippen LogP contribution in [0.15, 0.2) is 48.0 Å². The smallest absolute Gasteiger partial charge is 0.266 e. The molecule has 0 bridgehead atoms. The van der Waals surface area contributed by atoms with Gasteiger partial charge in [-0.1, -0.05) is 24.3 Å². The van der Waals surface area contributed by atoms with Gasteiger partial charge in [0.2, 0.25) is 0 Å². The molecular formula is C18H15FN2O. The second-order valence-corrected chi connectivity index (χ2v) is 4.99. The monoisotopic (exact) mass is 294 g/mol. The first-order chi connectivity index (χ1) is 10.5.